The van der Waals surface area contributed by atoms with E-state index < -0.39 is 0 Å². The van der Waals surface area contributed by atoms with Gasteiger partial charge in [0.15, 0.2) is 5.65 Å². The summed E-state index contributed by atoms with van der Waals surface area (Å²) < 4.78 is 15.1. The van der Waals surface area contributed by atoms with Crippen LogP contribution in [0.25, 0.3) is 16.8 Å². The molecule has 2 aromatic carbocycles. The Kier molecular flexibility index (Phi) is 4.38. The van der Waals surface area contributed by atoms with E-state index in [1.807, 2.05) is 12.3 Å². The van der Waals surface area contributed by atoms with Crippen molar-refractivity contribution in [2.45, 2.75) is 33.1 Å². The van der Waals surface area contributed by atoms with Crippen molar-refractivity contribution in [3.63, 3.8) is 0 Å². The molecule has 0 radical (unpaired) electrons. The van der Waals surface area contributed by atoms with Gasteiger partial charge in [0.25, 0.3) is 0 Å². The Hall–Kier alpha value is -3.21. The lowest BCUT2D eigenvalue weighted by molar-refractivity contribution is 0.569. The number of aryl methyl sites for hydroxylation is 1. The summed E-state index contributed by atoms with van der Waals surface area (Å²) in [5, 5.41) is 7.93. The summed E-state index contributed by atoms with van der Waals surface area (Å²) >= 11 is 0. The number of halogens is 1. The van der Waals surface area contributed by atoms with Crippen LogP contribution in [0, 0.1) is 12.7 Å². The van der Waals surface area contributed by atoms with Crippen LogP contribution in [-0.4, -0.2) is 14.6 Å². The molecule has 0 aliphatic carbocycles. The summed E-state index contributed by atoms with van der Waals surface area (Å²) in [6, 6.07) is 16.6. The normalized spacial score (nSPS) is 11.8. The molecular formula is C23H23FN4. The smallest absolute Gasteiger partial charge is 0.165 e. The summed E-state index contributed by atoms with van der Waals surface area (Å²) in [4.78, 5) is 4.92. The van der Waals surface area contributed by atoms with Crippen LogP contribution in [0.1, 0.15) is 32.0 Å². The molecule has 1 N–H and O–H groups in total. The molecule has 28 heavy (non-hydrogen) atoms. The van der Waals surface area contributed by atoms with Crippen molar-refractivity contribution >= 4 is 17.2 Å². The van der Waals surface area contributed by atoms with Gasteiger partial charge < -0.3 is 5.32 Å². The largest absolute Gasteiger partial charge is 0.340 e. The zero-order chi connectivity index (χ0) is 19.9. The second-order valence-electron chi connectivity index (χ2n) is 8.07. The molecule has 0 saturated carbocycles. The molecule has 0 spiro atoms. The minimum Gasteiger partial charge on any atom is -0.340 e. The van der Waals surface area contributed by atoms with Gasteiger partial charge in [0.05, 0.1) is 11.9 Å². The van der Waals surface area contributed by atoms with E-state index in [4.69, 9.17) is 4.98 Å². The van der Waals surface area contributed by atoms with E-state index in [1.165, 1.54) is 17.7 Å². The van der Waals surface area contributed by atoms with Crippen LogP contribution in [0.2, 0.25) is 0 Å². The predicted octanol–water partition coefficient (Wildman–Crippen LogP) is 5.88. The first-order valence-corrected chi connectivity index (χ1v) is 9.30. The highest BCUT2D eigenvalue weighted by molar-refractivity contribution is 5.79. The third kappa shape index (κ3) is 3.48. The Morgan fingerprint density at radius 1 is 0.964 bits per heavy atom. The molecule has 0 fully saturated rings. The van der Waals surface area contributed by atoms with Crippen LogP contribution in [-0.2, 0) is 5.41 Å². The van der Waals surface area contributed by atoms with Crippen LogP contribution in [0.3, 0.4) is 0 Å². The molecule has 0 aliphatic heterocycles. The van der Waals surface area contributed by atoms with Gasteiger partial charge in [-0.3, -0.25) is 0 Å². The molecule has 2 aromatic heterocycles. The number of nitrogens with zero attached hydrogens (tertiary/aromatic N) is 3. The Labute approximate surface area is 164 Å². The number of hydrogen-bond donors (Lipinski definition) is 1. The monoisotopic (exact) mass is 374 g/mol. The van der Waals surface area contributed by atoms with E-state index in [0.29, 0.717) is 0 Å². The van der Waals surface area contributed by atoms with Crippen LogP contribution >= 0.6 is 0 Å². The van der Waals surface area contributed by atoms with Crippen molar-refractivity contribution in [3.8, 4) is 11.1 Å². The Morgan fingerprint density at radius 3 is 2.29 bits per heavy atom. The lowest BCUT2D eigenvalue weighted by Crippen LogP contribution is -2.16. The van der Waals surface area contributed by atoms with Crippen LogP contribution < -0.4 is 5.32 Å². The fourth-order valence-corrected chi connectivity index (χ4v) is 3.05. The van der Waals surface area contributed by atoms with E-state index in [9.17, 15) is 4.39 Å². The summed E-state index contributed by atoms with van der Waals surface area (Å²) in [5.74, 6) is 0.529. The topological polar surface area (TPSA) is 42.2 Å². The van der Waals surface area contributed by atoms with Crippen LogP contribution in [0.5, 0.6) is 0 Å². The highest BCUT2D eigenvalue weighted by atomic mass is 19.1. The molecule has 0 bridgehead atoms. The number of aromatic nitrogens is 3. The first-order valence-electron chi connectivity index (χ1n) is 9.30. The molecular weight excluding hydrogens is 351 g/mol. The van der Waals surface area contributed by atoms with Gasteiger partial charge in [-0.25, -0.2) is 9.37 Å². The van der Waals surface area contributed by atoms with Crippen LogP contribution in [0.15, 0.2) is 60.8 Å². The third-order valence-electron chi connectivity index (χ3n) is 4.72. The maximum Gasteiger partial charge on any atom is 0.165 e. The lowest BCUT2D eigenvalue weighted by atomic mass is 9.92. The first-order chi connectivity index (χ1) is 13.3. The Balaban J connectivity index is 1.88. The summed E-state index contributed by atoms with van der Waals surface area (Å²) in [6.07, 6.45) is 1.84. The second-order valence-corrected chi connectivity index (χ2v) is 8.07. The number of fused-ring (bicyclic) bond motifs is 1. The fourth-order valence-electron chi connectivity index (χ4n) is 3.05. The van der Waals surface area contributed by atoms with Gasteiger partial charge in [0.1, 0.15) is 11.6 Å². The van der Waals surface area contributed by atoms with Gasteiger partial charge in [0.2, 0.25) is 0 Å². The average molecular weight is 374 g/mol. The van der Waals surface area contributed by atoms with Gasteiger partial charge in [-0.05, 0) is 36.8 Å². The van der Waals surface area contributed by atoms with Crippen LogP contribution in [0.4, 0.5) is 15.9 Å². The Bertz CT molecular complexity index is 1120. The molecule has 2 heterocycles. The molecule has 142 valence electrons. The minimum atomic E-state index is -0.262. The van der Waals surface area contributed by atoms with Crippen molar-refractivity contribution in [3.05, 3.63) is 77.9 Å². The molecule has 4 rings (SSSR count). The minimum absolute atomic E-state index is 0.129. The molecule has 4 aromatic rings. The van der Waals surface area contributed by atoms with Crippen molar-refractivity contribution in [2.24, 2.45) is 0 Å². The number of benzene rings is 2. The van der Waals surface area contributed by atoms with Crippen molar-refractivity contribution in [1.82, 2.24) is 14.6 Å². The molecule has 5 heteroatoms. The zero-order valence-corrected chi connectivity index (χ0v) is 16.5. The molecule has 4 nitrogen and oxygen atoms in total. The van der Waals surface area contributed by atoms with Crippen molar-refractivity contribution in [1.29, 1.82) is 0 Å². The summed E-state index contributed by atoms with van der Waals surface area (Å²) in [7, 11) is 0. The molecule has 0 amide bonds. The maximum absolute atomic E-state index is 13.3. The van der Waals surface area contributed by atoms with Gasteiger partial charge >= 0.3 is 0 Å². The SMILES string of the molecule is Cc1ccc(-c2cnn3c(Nc4ccc(F)cc4)cc(C(C)(C)C)nc23)cc1. The highest BCUT2D eigenvalue weighted by Gasteiger charge is 2.20. The van der Waals surface area contributed by atoms with Gasteiger partial charge in [-0.2, -0.15) is 9.61 Å². The number of rotatable bonds is 3. The van der Waals surface area contributed by atoms with E-state index in [0.717, 1.165) is 34.0 Å². The quantitative estimate of drug-likeness (QED) is 0.486. The van der Waals surface area contributed by atoms with Gasteiger partial charge in [-0.1, -0.05) is 50.6 Å². The zero-order valence-electron chi connectivity index (χ0n) is 16.5. The van der Waals surface area contributed by atoms with E-state index >= 15 is 0 Å². The summed E-state index contributed by atoms with van der Waals surface area (Å²) in [6.45, 7) is 8.47. The van der Waals surface area contributed by atoms with Crippen molar-refractivity contribution in [2.75, 3.05) is 5.32 Å². The average Bonchev–Trinajstić information content (AvgIpc) is 3.08. The molecule has 0 saturated heterocycles. The van der Waals surface area contributed by atoms with E-state index in [1.54, 1.807) is 16.6 Å². The predicted molar refractivity (Wildman–Crippen MR) is 112 cm³/mol. The standard InChI is InChI=1S/C23H23FN4/c1-15-5-7-16(8-6-15)19-14-25-28-21(26-18-11-9-17(24)10-12-18)13-20(23(2,3)4)27-22(19)28/h5-14,26H,1-4H3. The van der Waals surface area contributed by atoms with Gasteiger partial charge in [-0.15, -0.1) is 0 Å². The number of hydrogen-bond acceptors (Lipinski definition) is 3. The molecule has 0 unspecified atom stereocenters. The summed E-state index contributed by atoms with van der Waals surface area (Å²) in [5.41, 5.74) is 5.68. The maximum atomic E-state index is 13.3. The van der Waals surface area contributed by atoms with Gasteiger partial charge in [0, 0.05) is 22.7 Å². The molecule has 0 atom stereocenters. The highest BCUT2D eigenvalue weighted by Crippen LogP contribution is 2.30. The van der Waals surface area contributed by atoms with Crippen molar-refractivity contribution < 1.29 is 4.39 Å². The fraction of sp³-hybridized carbons (Fsp3) is 0.217. The van der Waals surface area contributed by atoms with E-state index in [2.05, 4.69) is 62.4 Å². The second kappa shape index (κ2) is 6.75. The number of anilines is 2. The first kappa shape index (κ1) is 18.2. The Morgan fingerprint density at radius 2 is 1.64 bits per heavy atom. The van der Waals surface area contributed by atoms with E-state index in [-0.39, 0.29) is 11.2 Å². The lowest BCUT2D eigenvalue weighted by Gasteiger charge is -2.20. The molecule has 0 aliphatic rings. The third-order valence-corrected chi connectivity index (χ3v) is 4.72. The number of nitrogens with one attached hydrogen (secondary N) is 1.